The van der Waals surface area contributed by atoms with Crippen molar-refractivity contribution in [2.45, 2.75) is 31.9 Å². The van der Waals surface area contributed by atoms with Crippen molar-refractivity contribution >= 4 is 12.1 Å². The monoisotopic (exact) mass is 393 g/mol. The van der Waals surface area contributed by atoms with E-state index in [-0.39, 0.29) is 14.6 Å². The summed E-state index contributed by atoms with van der Waals surface area (Å²) < 4.78 is 10.7. The van der Waals surface area contributed by atoms with Crippen molar-refractivity contribution in [3.05, 3.63) is 95.6 Å². The first-order valence-corrected chi connectivity index (χ1v) is 9.74. The van der Waals surface area contributed by atoms with Gasteiger partial charge in [-0.3, -0.25) is 0 Å². The maximum absolute atomic E-state index is 12.7. The Bertz CT molecular complexity index is 865. The predicted molar refractivity (Wildman–Crippen MR) is 113 cm³/mol. The van der Waals surface area contributed by atoms with Crippen molar-refractivity contribution in [3.8, 4) is 0 Å². The van der Waals surface area contributed by atoms with Crippen LogP contribution in [-0.4, -0.2) is 24.7 Å². The number of alkyl carbamates (subject to hydrolysis) is 1. The van der Waals surface area contributed by atoms with Gasteiger partial charge in [-0.1, -0.05) is 78.9 Å². The number of hydrogen-bond acceptors (Lipinski definition) is 4. The fourth-order valence-corrected chi connectivity index (χ4v) is 2.98. The molecule has 0 radical (unpaired) electrons. The quantitative estimate of drug-likeness (QED) is 0.666. The van der Waals surface area contributed by atoms with E-state index in [1.54, 1.807) is 0 Å². The summed E-state index contributed by atoms with van der Waals surface area (Å²) in [6.45, 7) is 0.332. The molecular weight excluding hydrogens is 366 g/mol. The van der Waals surface area contributed by atoms with Gasteiger partial charge >= 0.3 is 12.1 Å². The van der Waals surface area contributed by atoms with Crippen molar-refractivity contribution in [2.75, 3.05) is 6.61 Å². The Balaban J connectivity index is 0.00000320. The maximum Gasteiger partial charge on any atom is 0.408 e. The van der Waals surface area contributed by atoms with E-state index in [0.717, 1.165) is 29.5 Å². The highest BCUT2D eigenvalue weighted by atomic mass is 16.6. The molecule has 29 heavy (non-hydrogen) atoms. The molecule has 0 saturated heterocycles. The van der Waals surface area contributed by atoms with Crippen LogP contribution in [0.3, 0.4) is 0 Å². The van der Waals surface area contributed by atoms with Crippen molar-refractivity contribution in [3.63, 3.8) is 0 Å². The Morgan fingerprint density at radius 2 is 1.59 bits per heavy atom. The van der Waals surface area contributed by atoms with E-state index in [2.05, 4.69) is 17.5 Å². The molecule has 1 aliphatic carbocycles. The SMILES string of the molecule is O=C(NC(Cc1ccccc1)C(=O)OCC1=CCCC=C1)OCc1ccccc1.[HH]. The van der Waals surface area contributed by atoms with Crippen LogP contribution in [-0.2, 0) is 27.3 Å². The highest BCUT2D eigenvalue weighted by Crippen LogP contribution is 2.11. The standard InChI is InChI=1S/C24H25NO4.H2/c26-23(28-17-20-12-6-2-7-13-20)22(16-19-10-4-1-5-11-19)25-24(27)29-18-21-14-8-3-9-15-21;/h1,3-6,8-15,22H,2,7,16-18H2,(H,25,27);1H. The van der Waals surface area contributed by atoms with Gasteiger partial charge in [0, 0.05) is 7.85 Å². The number of esters is 1. The molecule has 0 aliphatic heterocycles. The molecule has 0 bridgehead atoms. The average molecular weight is 393 g/mol. The number of hydrogen-bond donors (Lipinski definition) is 1. The van der Waals surface area contributed by atoms with Crippen molar-refractivity contribution in [2.24, 2.45) is 0 Å². The topological polar surface area (TPSA) is 64.6 Å². The molecule has 2 aromatic rings. The van der Waals surface area contributed by atoms with Gasteiger partial charge in [0.25, 0.3) is 0 Å². The first-order valence-electron chi connectivity index (χ1n) is 9.74. The van der Waals surface area contributed by atoms with E-state index >= 15 is 0 Å². The maximum atomic E-state index is 12.7. The number of rotatable bonds is 8. The van der Waals surface area contributed by atoms with Gasteiger partial charge in [0.2, 0.25) is 0 Å². The van der Waals surface area contributed by atoms with E-state index < -0.39 is 18.1 Å². The second-order valence-electron chi connectivity index (χ2n) is 6.81. The Kier molecular flexibility index (Phi) is 7.63. The molecule has 0 heterocycles. The van der Waals surface area contributed by atoms with Crippen LogP contribution in [0.2, 0.25) is 0 Å². The molecule has 0 saturated carbocycles. The minimum Gasteiger partial charge on any atom is -0.459 e. The molecule has 152 valence electrons. The van der Waals surface area contributed by atoms with Crippen LogP contribution in [0, 0.1) is 0 Å². The third-order valence-electron chi connectivity index (χ3n) is 4.52. The van der Waals surface area contributed by atoms with Gasteiger partial charge in [-0.25, -0.2) is 9.59 Å². The molecule has 2 aromatic carbocycles. The summed E-state index contributed by atoms with van der Waals surface area (Å²) in [4.78, 5) is 24.9. The molecule has 1 amide bonds. The summed E-state index contributed by atoms with van der Waals surface area (Å²) in [6.07, 6.45) is 7.71. The predicted octanol–water partition coefficient (Wildman–Crippen LogP) is 4.59. The zero-order valence-electron chi connectivity index (χ0n) is 16.3. The molecule has 3 rings (SSSR count). The molecule has 5 nitrogen and oxygen atoms in total. The third kappa shape index (κ3) is 6.96. The summed E-state index contributed by atoms with van der Waals surface area (Å²) in [5.74, 6) is -0.481. The summed E-state index contributed by atoms with van der Waals surface area (Å²) in [6, 6.07) is 18.1. The number of benzene rings is 2. The number of carbonyl (C=O) groups excluding carboxylic acids is 2. The van der Waals surface area contributed by atoms with Gasteiger partial charge in [0.1, 0.15) is 19.3 Å². The highest BCUT2D eigenvalue weighted by molar-refractivity contribution is 5.81. The van der Waals surface area contributed by atoms with Gasteiger partial charge in [-0.2, -0.15) is 0 Å². The molecule has 1 atom stereocenters. The molecule has 0 spiro atoms. The molecule has 0 aromatic heterocycles. The largest absolute Gasteiger partial charge is 0.459 e. The summed E-state index contributed by atoms with van der Waals surface area (Å²) in [7, 11) is 0. The van der Waals surface area contributed by atoms with E-state index in [1.807, 2.05) is 66.7 Å². The summed E-state index contributed by atoms with van der Waals surface area (Å²) in [5, 5.41) is 2.65. The van der Waals surface area contributed by atoms with E-state index in [0.29, 0.717) is 6.42 Å². The number of ether oxygens (including phenoxy) is 2. The minimum absolute atomic E-state index is 0. The molecular formula is C24H27NO4. The Labute approximate surface area is 172 Å². The zero-order valence-corrected chi connectivity index (χ0v) is 16.3. The van der Waals surface area contributed by atoms with E-state index in [4.69, 9.17) is 9.47 Å². The van der Waals surface area contributed by atoms with Crippen LogP contribution in [0.25, 0.3) is 0 Å². The van der Waals surface area contributed by atoms with Gasteiger partial charge in [-0.15, -0.1) is 0 Å². The van der Waals surface area contributed by atoms with Gasteiger partial charge in [-0.05, 0) is 29.5 Å². The lowest BCUT2D eigenvalue weighted by Crippen LogP contribution is -2.43. The first-order chi connectivity index (χ1) is 14.2. The van der Waals surface area contributed by atoms with Crippen LogP contribution in [0.5, 0.6) is 0 Å². The van der Waals surface area contributed by atoms with Crippen molar-refractivity contribution in [1.29, 1.82) is 0 Å². The molecule has 1 N–H and O–H groups in total. The third-order valence-corrected chi connectivity index (χ3v) is 4.52. The van der Waals surface area contributed by atoms with Crippen LogP contribution in [0.4, 0.5) is 4.79 Å². The Morgan fingerprint density at radius 3 is 2.24 bits per heavy atom. The zero-order chi connectivity index (χ0) is 20.3. The Hall–Kier alpha value is -3.34. The molecule has 5 heteroatoms. The van der Waals surface area contributed by atoms with E-state index in [9.17, 15) is 9.59 Å². The molecule has 1 unspecified atom stereocenters. The molecule has 0 fully saturated rings. The molecule has 1 aliphatic rings. The fraction of sp³-hybridized carbons (Fsp3) is 0.250. The van der Waals surface area contributed by atoms with Crippen LogP contribution in [0.15, 0.2) is 84.5 Å². The first kappa shape index (κ1) is 20.4. The minimum atomic E-state index is -0.825. The van der Waals surface area contributed by atoms with Crippen molar-refractivity contribution < 1.29 is 20.5 Å². The summed E-state index contributed by atoms with van der Waals surface area (Å²) in [5.41, 5.74) is 2.77. The second kappa shape index (κ2) is 10.9. The fourth-order valence-electron chi connectivity index (χ4n) is 2.98. The normalized spacial score (nSPS) is 13.9. The number of amides is 1. The van der Waals surface area contributed by atoms with Gasteiger partial charge < -0.3 is 14.8 Å². The second-order valence-corrected chi connectivity index (χ2v) is 6.81. The smallest absolute Gasteiger partial charge is 0.408 e. The van der Waals surface area contributed by atoms with Gasteiger partial charge in [0.15, 0.2) is 0 Å². The van der Waals surface area contributed by atoms with Crippen molar-refractivity contribution in [1.82, 2.24) is 5.32 Å². The summed E-state index contributed by atoms with van der Waals surface area (Å²) >= 11 is 0. The van der Waals surface area contributed by atoms with Crippen LogP contribution in [0.1, 0.15) is 25.4 Å². The number of allylic oxidation sites excluding steroid dienone is 2. The van der Waals surface area contributed by atoms with E-state index in [1.165, 1.54) is 0 Å². The lowest BCUT2D eigenvalue weighted by atomic mass is 10.1. The lowest BCUT2D eigenvalue weighted by molar-refractivity contribution is -0.145. The van der Waals surface area contributed by atoms with Crippen LogP contribution >= 0.6 is 0 Å². The van der Waals surface area contributed by atoms with Crippen LogP contribution < -0.4 is 5.32 Å². The highest BCUT2D eigenvalue weighted by Gasteiger charge is 2.24. The Morgan fingerprint density at radius 1 is 0.897 bits per heavy atom. The number of nitrogens with one attached hydrogen (secondary N) is 1. The van der Waals surface area contributed by atoms with Gasteiger partial charge in [0.05, 0.1) is 0 Å². The number of carbonyl (C=O) groups is 2. The lowest BCUT2D eigenvalue weighted by Gasteiger charge is -2.18. The average Bonchev–Trinajstić information content (AvgIpc) is 2.78.